The number of nitrogens with zero attached hydrogens (tertiary/aromatic N) is 1. The van der Waals surface area contributed by atoms with Crippen molar-refractivity contribution in [1.82, 2.24) is 4.90 Å². The molecule has 1 aromatic heterocycles. The number of ether oxygens (including phenoxy) is 1. The van der Waals surface area contributed by atoms with Gasteiger partial charge in [-0.15, -0.1) is 12.4 Å². The van der Waals surface area contributed by atoms with Crippen LogP contribution in [0.5, 0.6) is 0 Å². The van der Waals surface area contributed by atoms with Gasteiger partial charge in [-0.05, 0) is 47.2 Å². The molecule has 0 radical (unpaired) electrons. The highest BCUT2D eigenvalue weighted by Gasteiger charge is 2.35. The Labute approximate surface area is 148 Å². The molecule has 23 heavy (non-hydrogen) atoms. The van der Waals surface area contributed by atoms with Gasteiger partial charge in [0.2, 0.25) is 5.91 Å². The summed E-state index contributed by atoms with van der Waals surface area (Å²) in [6.45, 7) is 2.65. The van der Waals surface area contributed by atoms with E-state index in [0.717, 1.165) is 12.8 Å². The van der Waals surface area contributed by atoms with Crippen molar-refractivity contribution in [2.24, 2.45) is 11.1 Å². The first kappa shape index (κ1) is 18.7. The summed E-state index contributed by atoms with van der Waals surface area (Å²) in [5.41, 5.74) is 7.26. The molecule has 1 aliphatic carbocycles. The van der Waals surface area contributed by atoms with Crippen molar-refractivity contribution in [3.63, 3.8) is 0 Å². The molecule has 3 rings (SSSR count). The number of morpholine rings is 1. The first-order valence-corrected chi connectivity index (χ1v) is 9.28. The molecule has 4 nitrogen and oxygen atoms in total. The van der Waals surface area contributed by atoms with Crippen LogP contribution in [0, 0.1) is 5.41 Å². The topological polar surface area (TPSA) is 55.6 Å². The van der Waals surface area contributed by atoms with E-state index in [1.54, 1.807) is 11.3 Å². The normalized spacial score (nSPS) is 24.0. The van der Waals surface area contributed by atoms with E-state index in [1.807, 2.05) is 4.90 Å². The molecule has 0 spiro atoms. The lowest BCUT2D eigenvalue weighted by atomic mass is 9.71. The van der Waals surface area contributed by atoms with E-state index < -0.39 is 0 Å². The quantitative estimate of drug-likeness (QED) is 0.897. The van der Waals surface area contributed by atoms with Gasteiger partial charge in [0.1, 0.15) is 6.10 Å². The lowest BCUT2D eigenvalue weighted by molar-refractivity contribution is -0.142. The number of nitrogens with two attached hydrogens (primary N) is 1. The summed E-state index contributed by atoms with van der Waals surface area (Å²) >= 11 is 1.67. The molecule has 1 unspecified atom stereocenters. The van der Waals surface area contributed by atoms with Crippen LogP contribution in [0.3, 0.4) is 0 Å². The fourth-order valence-corrected chi connectivity index (χ4v) is 4.42. The molecule has 130 valence electrons. The molecule has 1 aromatic rings. The zero-order valence-electron chi connectivity index (χ0n) is 13.5. The van der Waals surface area contributed by atoms with Crippen LogP contribution in [-0.2, 0) is 9.53 Å². The SMILES string of the molecule is Cl.NCC1(CC(=O)N2CCOC(c3ccsc3)C2)CCCCC1. The smallest absolute Gasteiger partial charge is 0.223 e. The predicted molar refractivity (Wildman–Crippen MR) is 96.0 cm³/mol. The summed E-state index contributed by atoms with van der Waals surface area (Å²) in [5, 5.41) is 4.17. The number of halogens is 1. The van der Waals surface area contributed by atoms with Crippen LogP contribution < -0.4 is 5.73 Å². The lowest BCUT2D eigenvalue weighted by Gasteiger charge is -2.39. The highest BCUT2D eigenvalue weighted by atomic mass is 35.5. The second-order valence-corrected chi connectivity index (χ2v) is 7.48. The molecule has 2 fully saturated rings. The number of amides is 1. The average Bonchev–Trinajstić information content (AvgIpc) is 3.10. The second-order valence-electron chi connectivity index (χ2n) is 6.70. The minimum atomic E-state index is 0. The number of thiophene rings is 1. The average molecular weight is 359 g/mol. The van der Waals surface area contributed by atoms with Gasteiger partial charge in [-0.2, -0.15) is 11.3 Å². The van der Waals surface area contributed by atoms with E-state index in [9.17, 15) is 4.79 Å². The molecule has 1 atom stereocenters. The van der Waals surface area contributed by atoms with Crippen LogP contribution in [0.15, 0.2) is 16.8 Å². The van der Waals surface area contributed by atoms with Crippen LogP contribution in [0.4, 0.5) is 0 Å². The van der Waals surface area contributed by atoms with E-state index in [0.29, 0.717) is 32.7 Å². The summed E-state index contributed by atoms with van der Waals surface area (Å²) in [6, 6.07) is 2.09. The Bertz CT molecular complexity index is 489. The Hall–Kier alpha value is -0.620. The molecule has 1 aliphatic heterocycles. The van der Waals surface area contributed by atoms with Crippen molar-refractivity contribution in [3.05, 3.63) is 22.4 Å². The Morgan fingerprint density at radius 2 is 2.17 bits per heavy atom. The summed E-state index contributed by atoms with van der Waals surface area (Å²) in [5.74, 6) is 0.260. The van der Waals surface area contributed by atoms with Gasteiger partial charge in [0.25, 0.3) is 0 Å². The highest BCUT2D eigenvalue weighted by molar-refractivity contribution is 7.07. The zero-order valence-corrected chi connectivity index (χ0v) is 15.2. The fraction of sp³-hybridized carbons (Fsp3) is 0.706. The Morgan fingerprint density at radius 1 is 1.39 bits per heavy atom. The maximum Gasteiger partial charge on any atom is 0.223 e. The molecule has 1 saturated heterocycles. The Kier molecular flexibility index (Phi) is 6.89. The molecule has 0 aromatic carbocycles. The van der Waals surface area contributed by atoms with E-state index in [1.165, 1.54) is 24.8 Å². The molecule has 6 heteroatoms. The molecule has 2 heterocycles. The summed E-state index contributed by atoms with van der Waals surface area (Å²) < 4.78 is 5.83. The molecule has 1 saturated carbocycles. The van der Waals surface area contributed by atoms with Crippen LogP contribution in [0.25, 0.3) is 0 Å². The Balaban J connectivity index is 0.00000192. The summed E-state index contributed by atoms with van der Waals surface area (Å²) in [7, 11) is 0. The largest absolute Gasteiger partial charge is 0.370 e. The van der Waals surface area contributed by atoms with Gasteiger partial charge < -0.3 is 15.4 Å². The third-order valence-electron chi connectivity index (χ3n) is 5.21. The molecule has 1 amide bonds. The van der Waals surface area contributed by atoms with Gasteiger partial charge in [0.05, 0.1) is 13.2 Å². The minimum absolute atomic E-state index is 0. The van der Waals surface area contributed by atoms with Crippen molar-refractivity contribution >= 4 is 29.7 Å². The number of rotatable bonds is 4. The van der Waals surface area contributed by atoms with Gasteiger partial charge in [-0.25, -0.2) is 0 Å². The lowest BCUT2D eigenvalue weighted by Crippen LogP contribution is -2.45. The third kappa shape index (κ3) is 4.47. The third-order valence-corrected chi connectivity index (χ3v) is 5.91. The summed E-state index contributed by atoms with van der Waals surface area (Å²) in [6.07, 6.45) is 6.56. The van der Waals surface area contributed by atoms with Gasteiger partial charge in [0.15, 0.2) is 0 Å². The molecule has 2 aliphatic rings. The number of carbonyl (C=O) groups is 1. The van der Waals surface area contributed by atoms with Crippen molar-refractivity contribution in [1.29, 1.82) is 0 Å². The van der Waals surface area contributed by atoms with Crippen molar-refractivity contribution < 1.29 is 9.53 Å². The van der Waals surface area contributed by atoms with E-state index in [2.05, 4.69) is 16.8 Å². The van der Waals surface area contributed by atoms with Crippen molar-refractivity contribution in [2.75, 3.05) is 26.2 Å². The van der Waals surface area contributed by atoms with Crippen LogP contribution >= 0.6 is 23.7 Å². The van der Waals surface area contributed by atoms with Crippen LogP contribution in [0.2, 0.25) is 0 Å². The maximum absolute atomic E-state index is 12.8. The molecule has 0 bridgehead atoms. The van der Waals surface area contributed by atoms with Gasteiger partial charge >= 0.3 is 0 Å². The fourth-order valence-electron chi connectivity index (χ4n) is 3.72. The van der Waals surface area contributed by atoms with Gasteiger partial charge in [0, 0.05) is 13.0 Å². The van der Waals surface area contributed by atoms with Gasteiger partial charge in [-0.1, -0.05) is 19.3 Å². The predicted octanol–water partition coefficient (Wildman–Crippen LogP) is 3.37. The summed E-state index contributed by atoms with van der Waals surface area (Å²) in [4.78, 5) is 14.7. The van der Waals surface area contributed by atoms with Crippen molar-refractivity contribution in [3.8, 4) is 0 Å². The molecular formula is C17H27ClN2O2S. The Morgan fingerprint density at radius 3 is 2.83 bits per heavy atom. The standard InChI is InChI=1S/C17H26N2O2S.ClH/c18-13-17(5-2-1-3-6-17)10-16(20)19-7-8-21-15(11-19)14-4-9-22-12-14;/h4,9,12,15H,1-3,5-8,10-11,13,18H2;1H. The maximum atomic E-state index is 12.8. The first-order chi connectivity index (χ1) is 10.7. The second kappa shape index (κ2) is 8.47. The minimum Gasteiger partial charge on any atom is -0.370 e. The van der Waals surface area contributed by atoms with E-state index in [4.69, 9.17) is 10.5 Å². The number of carbonyl (C=O) groups excluding carboxylic acids is 1. The molecular weight excluding hydrogens is 332 g/mol. The van der Waals surface area contributed by atoms with E-state index in [-0.39, 0.29) is 29.8 Å². The monoisotopic (exact) mass is 358 g/mol. The zero-order chi connectivity index (χ0) is 15.4. The molecule has 2 N–H and O–H groups in total. The highest BCUT2D eigenvalue weighted by Crippen LogP contribution is 2.39. The van der Waals surface area contributed by atoms with E-state index >= 15 is 0 Å². The first-order valence-electron chi connectivity index (χ1n) is 8.34. The number of hydrogen-bond donors (Lipinski definition) is 1. The van der Waals surface area contributed by atoms with Crippen molar-refractivity contribution in [2.45, 2.75) is 44.6 Å². The van der Waals surface area contributed by atoms with Gasteiger partial charge in [-0.3, -0.25) is 4.79 Å². The number of hydrogen-bond acceptors (Lipinski definition) is 4. The van der Waals surface area contributed by atoms with Crippen LogP contribution in [-0.4, -0.2) is 37.0 Å². The van der Waals surface area contributed by atoms with Crippen LogP contribution in [0.1, 0.15) is 50.2 Å².